The first kappa shape index (κ1) is 35.2. The van der Waals surface area contributed by atoms with Gasteiger partial charge in [0.15, 0.2) is 0 Å². The van der Waals surface area contributed by atoms with Crippen LogP contribution in [0.15, 0.2) is 42.5 Å². The van der Waals surface area contributed by atoms with E-state index in [-0.39, 0.29) is 18.3 Å². The number of piperidine rings is 1. The quantitative estimate of drug-likeness (QED) is 0.132. The smallest absolute Gasteiger partial charge is 0.253 e. The lowest BCUT2D eigenvalue weighted by molar-refractivity contribution is 0.0724. The van der Waals surface area contributed by atoms with Crippen molar-refractivity contribution >= 4 is 18.3 Å². The van der Waals surface area contributed by atoms with E-state index in [1.54, 1.807) is 0 Å². The Morgan fingerprint density at radius 2 is 1.12 bits per heavy atom. The van der Waals surface area contributed by atoms with Crippen molar-refractivity contribution < 1.29 is 4.79 Å². The average molecular weight is 588 g/mol. The van der Waals surface area contributed by atoms with Crippen molar-refractivity contribution in [2.45, 2.75) is 58.0 Å². The van der Waals surface area contributed by atoms with Gasteiger partial charge in [-0.1, -0.05) is 18.2 Å². The molecule has 0 aromatic heterocycles. The minimum atomic E-state index is 0. The molecule has 8 nitrogen and oxygen atoms in total. The minimum absolute atomic E-state index is 0. The first-order chi connectivity index (χ1) is 19.7. The van der Waals surface area contributed by atoms with Gasteiger partial charge in [-0.05, 0) is 144 Å². The number of likely N-dealkylation sites (tertiary alicyclic amines) is 1. The van der Waals surface area contributed by atoms with Crippen molar-refractivity contribution in [2.75, 3.05) is 65.4 Å². The van der Waals surface area contributed by atoms with Crippen LogP contribution in [-0.2, 0) is 13.1 Å². The number of benzene rings is 2. The number of halogens is 1. The zero-order valence-corrected chi connectivity index (χ0v) is 25.7. The van der Waals surface area contributed by atoms with Gasteiger partial charge in [0, 0.05) is 31.7 Å². The Morgan fingerprint density at radius 1 is 0.634 bits per heavy atom. The highest BCUT2D eigenvalue weighted by atomic mass is 35.5. The van der Waals surface area contributed by atoms with Crippen LogP contribution in [0, 0.1) is 0 Å². The van der Waals surface area contributed by atoms with Crippen LogP contribution in [0.3, 0.4) is 0 Å². The molecule has 9 heteroatoms. The van der Waals surface area contributed by atoms with Crippen molar-refractivity contribution in [3.63, 3.8) is 0 Å². The summed E-state index contributed by atoms with van der Waals surface area (Å²) in [6.07, 6.45) is 7.66. The number of nitrogens with zero attached hydrogens (tertiary/aromatic N) is 1. The molecule has 2 aromatic carbocycles. The molecule has 0 bridgehead atoms. The van der Waals surface area contributed by atoms with Gasteiger partial charge in [0.2, 0.25) is 0 Å². The van der Waals surface area contributed by atoms with E-state index in [4.69, 9.17) is 11.5 Å². The largest absolute Gasteiger partial charge is 0.339 e. The number of rotatable bonds is 20. The van der Waals surface area contributed by atoms with Gasteiger partial charge in [-0.25, -0.2) is 0 Å². The van der Waals surface area contributed by atoms with Crippen molar-refractivity contribution in [1.29, 1.82) is 0 Å². The highest BCUT2D eigenvalue weighted by Crippen LogP contribution is 2.24. The first-order valence-corrected chi connectivity index (χ1v) is 15.5. The number of amides is 1. The van der Waals surface area contributed by atoms with Crippen LogP contribution in [0.1, 0.15) is 66.4 Å². The molecule has 230 valence electrons. The summed E-state index contributed by atoms with van der Waals surface area (Å²) in [6.45, 7) is 10.8. The van der Waals surface area contributed by atoms with Gasteiger partial charge in [0.05, 0.1) is 0 Å². The standard InChI is InChI=1S/C32H53N7O.ClH/c33-12-4-14-35-16-6-18-37-25-27-22-28(26-38-19-7-17-36-15-5-13-34)24-31(23-27)29-8-10-30(11-9-29)32(40)39-20-2-1-3-21-39;/h8-11,22-24,35-38H,1-7,12-21,25-26,33-34H2;1H. The third-order valence-electron chi connectivity index (χ3n) is 7.35. The van der Waals surface area contributed by atoms with E-state index in [1.807, 2.05) is 17.0 Å². The monoisotopic (exact) mass is 587 g/mol. The summed E-state index contributed by atoms with van der Waals surface area (Å²) in [7, 11) is 0. The molecule has 1 fully saturated rings. The Kier molecular flexibility index (Phi) is 18.5. The van der Waals surface area contributed by atoms with Crippen LogP contribution in [-0.4, -0.2) is 76.3 Å². The van der Waals surface area contributed by atoms with E-state index in [9.17, 15) is 4.79 Å². The fourth-order valence-electron chi connectivity index (χ4n) is 5.06. The number of nitrogens with two attached hydrogens (primary N) is 2. The van der Waals surface area contributed by atoms with Crippen LogP contribution in [0.2, 0.25) is 0 Å². The second kappa shape index (κ2) is 21.6. The molecule has 0 spiro atoms. The number of carbonyl (C=O) groups is 1. The number of hydrogen-bond acceptors (Lipinski definition) is 7. The van der Waals surface area contributed by atoms with Crippen LogP contribution >= 0.6 is 12.4 Å². The molecular formula is C32H54ClN7O. The topological polar surface area (TPSA) is 120 Å². The zero-order valence-electron chi connectivity index (χ0n) is 24.9. The molecule has 1 heterocycles. The summed E-state index contributed by atoms with van der Waals surface area (Å²) < 4.78 is 0. The fourth-order valence-corrected chi connectivity index (χ4v) is 5.06. The predicted molar refractivity (Wildman–Crippen MR) is 175 cm³/mol. The van der Waals surface area contributed by atoms with E-state index in [2.05, 4.69) is 51.6 Å². The highest BCUT2D eigenvalue weighted by molar-refractivity contribution is 5.94. The van der Waals surface area contributed by atoms with E-state index in [1.165, 1.54) is 23.1 Å². The molecule has 0 atom stereocenters. The van der Waals surface area contributed by atoms with Crippen molar-refractivity contribution in [2.24, 2.45) is 11.5 Å². The van der Waals surface area contributed by atoms with E-state index in [0.717, 1.165) is 128 Å². The lowest BCUT2D eigenvalue weighted by Gasteiger charge is -2.26. The first-order valence-electron chi connectivity index (χ1n) is 15.5. The van der Waals surface area contributed by atoms with Crippen molar-refractivity contribution in [3.05, 3.63) is 59.2 Å². The maximum atomic E-state index is 12.9. The van der Waals surface area contributed by atoms with Crippen LogP contribution in [0.5, 0.6) is 0 Å². The SMILES string of the molecule is Cl.NCCCNCCCNCc1cc(CNCCCNCCCN)cc(-c2ccc(C(=O)N3CCCCC3)cc2)c1. The van der Waals surface area contributed by atoms with Crippen molar-refractivity contribution in [3.8, 4) is 11.1 Å². The average Bonchev–Trinajstić information content (AvgIpc) is 3.00. The number of nitrogens with one attached hydrogen (secondary N) is 4. The van der Waals surface area contributed by atoms with Gasteiger partial charge in [-0.2, -0.15) is 0 Å². The highest BCUT2D eigenvalue weighted by Gasteiger charge is 2.18. The molecule has 3 rings (SSSR count). The lowest BCUT2D eigenvalue weighted by Crippen LogP contribution is -2.35. The summed E-state index contributed by atoms with van der Waals surface area (Å²) in [5.41, 5.74) is 16.8. The Morgan fingerprint density at radius 3 is 1.63 bits per heavy atom. The molecule has 0 aliphatic carbocycles. The fraction of sp³-hybridized carbons (Fsp3) is 0.594. The minimum Gasteiger partial charge on any atom is -0.339 e. The van der Waals surface area contributed by atoms with Crippen LogP contribution in [0.25, 0.3) is 11.1 Å². The molecule has 0 radical (unpaired) electrons. The van der Waals surface area contributed by atoms with E-state index in [0.29, 0.717) is 0 Å². The zero-order chi connectivity index (χ0) is 28.3. The van der Waals surface area contributed by atoms with Crippen molar-refractivity contribution in [1.82, 2.24) is 26.2 Å². The molecule has 1 amide bonds. The van der Waals surface area contributed by atoms with Gasteiger partial charge in [0.1, 0.15) is 0 Å². The Labute approximate surface area is 254 Å². The van der Waals surface area contributed by atoms with Gasteiger partial charge < -0.3 is 37.6 Å². The molecule has 1 aliphatic rings. The Bertz CT molecular complexity index is 929. The predicted octanol–water partition coefficient (Wildman–Crippen LogP) is 3.24. The summed E-state index contributed by atoms with van der Waals surface area (Å²) in [4.78, 5) is 14.9. The van der Waals surface area contributed by atoms with Crippen LogP contribution < -0.4 is 32.7 Å². The Balaban J connectivity index is 0.00000588. The lowest BCUT2D eigenvalue weighted by atomic mass is 9.98. The summed E-state index contributed by atoms with van der Waals surface area (Å²) >= 11 is 0. The van der Waals surface area contributed by atoms with Gasteiger partial charge >= 0.3 is 0 Å². The molecule has 8 N–H and O–H groups in total. The van der Waals surface area contributed by atoms with E-state index < -0.39 is 0 Å². The molecule has 0 unspecified atom stereocenters. The second-order valence-electron chi connectivity index (χ2n) is 10.8. The maximum absolute atomic E-state index is 12.9. The molecule has 41 heavy (non-hydrogen) atoms. The van der Waals surface area contributed by atoms with E-state index >= 15 is 0 Å². The normalized spacial score (nSPS) is 13.3. The summed E-state index contributed by atoms with van der Waals surface area (Å²) in [6, 6.07) is 15.0. The third kappa shape index (κ3) is 13.7. The second-order valence-corrected chi connectivity index (χ2v) is 10.8. The summed E-state index contributed by atoms with van der Waals surface area (Å²) in [5, 5.41) is 14.1. The number of hydrogen-bond donors (Lipinski definition) is 6. The van der Waals surface area contributed by atoms with Gasteiger partial charge in [-0.15, -0.1) is 12.4 Å². The van der Waals surface area contributed by atoms with Gasteiger partial charge in [-0.3, -0.25) is 4.79 Å². The Hall–Kier alpha value is -2.04. The molecule has 2 aromatic rings. The molecule has 0 saturated carbocycles. The third-order valence-corrected chi connectivity index (χ3v) is 7.35. The van der Waals surface area contributed by atoms with Crippen LogP contribution in [0.4, 0.5) is 0 Å². The van der Waals surface area contributed by atoms with Gasteiger partial charge in [0.25, 0.3) is 5.91 Å². The molecule has 1 saturated heterocycles. The molecule has 1 aliphatic heterocycles. The maximum Gasteiger partial charge on any atom is 0.253 e. The summed E-state index contributed by atoms with van der Waals surface area (Å²) in [5.74, 6) is 0.157. The number of carbonyl (C=O) groups excluding carboxylic acids is 1. The molecular weight excluding hydrogens is 534 g/mol.